The van der Waals surface area contributed by atoms with Gasteiger partial charge in [0.2, 0.25) is 5.91 Å². The van der Waals surface area contributed by atoms with Gasteiger partial charge in [-0.2, -0.15) is 0 Å². The third-order valence-electron chi connectivity index (χ3n) is 6.47. The highest BCUT2D eigenvalue weighted by Gasteiger charge is 2.35. The number of hydrogen-bond donors (Lipinski definition) is 0. The average Bonchev–Trinajstić information content (AvgIpc) is 2.72. The first kappa shape index (κ1) is 24.1. The Morgan fingerprint density at radius 2 is 1.61 bits per heavy atom. The van der Waals surface area contributed by atoms with Gasteiger partial charge in [0.15, 0.2) is 0 Å². The molecule has 1 aromatic carbocycles. The van der Waals surface area contributed by atoms with Crippen LogP contribution in [0.15, 0.2) is 28.7 Å². The molecule has 0 atom stereocenters. The molecule has 0 radical (unpaired) electrons. The molecule has 3 rings (SSSR count). The van der Waals surface area contributed by atoms with E-state index in [0.29, 0.717) is 25.5 Å². The van der Waals surface area contributed by atoms with E-state index in [1.165, 1.54) is 0 Å². The van der Waals surface area contributed by atoms with Crippen molar-refractivity contribution >= 4 is 27.9 Å². The van der Waals surface area contributed by atoms with Crippen LogP contribution in [-0.2, 0) is 16.1 Å². The second-order valence-electron chi connectivity index (χ2n) is 10.2. The maximum absolute atomic E-state index is 13.6. The molecule has 5 nitrogen and oxygen atoms in total. The number of halogens is 1. The van der Waals surface area contributed by atoms with E-state index in [0.717, 1.165) is 54.5 Å². The van der Waals surface area contributed by atoms with Gasteiger partial charge in [0, 0.05) is 36.1 Å². The predicted octanol–water partition coefficient (Wildman–Crippen LogP) is 6.00. The lowest BCUT2D eigenvalue weighted by Gasteiger charge is -2.41. The van der Waals surface area contributed by atoms with E-state index in [-0.39, 0.29) is 18.1 Å². The van der Waals surface area contributed by atoms with E-state index in [1.807, 2.05) is 32.9 Å². The van der Waals surface area contributed by atoms with E-state index in [9.17, 15) is 9.59 Å². The van der Waals surface area contributed by atoms with Crippen LogP contribution in [0.1, 0.15) is 71.8 Å². The third-order valence-corrected chi connectivity index (χ3v) is 7.00. The summed E-state index contributed by atoms with van der Waals surface area (Å²) < 4.78 is 6.58. The molecule has 2 amide bonds. The highest BCUT2D eigenvalue weighted by atomic mass is 79.9. The number of likely N-dealkylation sites (tertiary alicyclic amines) is 1. The van der Waals surface area contributed by atoms with Crippen LogP contribution in [0.2, 0.25) is 0 Å². The molecular weight excluding hydrogens is 456 g/mol. The van der Waals surface area contributed by atoms with Crippen LogP contribution in [-0.4, -0.2) is 46.5 Å². The van der Waals surface area contributed by atoms with E-state index >= 15 is 0 Å². The summed E-state index contributed by atoms with van der Waals surface area (Å²) in [7, 11) is 0. The van der Waals surface area contributed by atoms with Gasteiger partial charge < -0.3 is 14.5 Å². The summed E-state index contributed by atoms with van der Waals surface area (Å²) in [4.78, 5) is 29.9. The molecule has 1 aromatic rings. The lowest BCUT2D eigenvalue weighted by molar-refractivity contribution is -0.141. The molecule has 2 fully saturated rings. The van der Waals surface area contributed by atoms with Gasteiger partial charge in [-0.1, -0.05) is 35.0 Å². The topological polar surface area (TPSA) is 49.9 Å². The van der Waals surface area contributed by atoms with Crippen molar-refractivity contribution < 1.29 is 14.3 Å². The van der Waals surface area contributed by atoms with Crippen LogP contribution in [0.4, 0.5) is 4.79 Å². The number of benzene rings is 1. The number of amides is 2. The summed E-state index contributed by atoms with van der Waals surface area (Å²) in [5.41, 5.74) is 0.658. The number of nitrogens with zero attached hydrogens (tertiary/aromatic N) is 2. The molecule has 1 heterocycles. The Morgan fingerprint density at radius 3 is 2.16 bits per heavy atom. The minimum Gasteiger partial charge on any atom is -0.444 e. The predicted molar refractivity (Wildman–Crippen MR) is 127 cm³/mol. The van der Waals surface area contributed by atoms with E-state index in [1.54, 1.807) is 4.90 Å². The van der Waals surface area contributed by atoms with E-state index in [2.05, 4.69) is 39.9 Å². The summed E-state index contributed by atoms with van der Waals surface area (Å²) in [6.07, 6.45) is 5.60. The van der Waals surface area contributed by atoms with Crippen LogP contribution in [0, 0.1) is 11.8 Å². The Hall–Kier alpha value is -1.56. The first-order valence-electron chi connectivity index (χ1n) is 11.7. The second kappa shape index (κ2) is 10.4. The molecule has 31 heavy (non-hydrogen) atoms. The molecule has 1 aliphatic carbocycles. The van der Waals surface area contributed by atoms with Crippen LogP contribution in [0.25, 0.3) is 0 Å². The molecule has 0 unspecified atom stereocenters. The van der Waals surface area contributed by atoms with Crippen LogP contribution in [0.5, 0.6) is 0 Å². The highest BCUT2D eigenvalue weighted by Crippen LogP contribution is 2.32. The van der Waals surface area contributed by atoms with Gasteiger partial charge in [0.05, 0.1) is 0 Å². The first-order chi connectivity index (χ1) is 14.6. The van der Waals surface area contributed by atoms with Crippen molar-refractivity contribution in [2.45, 2.75) is 84.4 Å². The Kier molecular flexibility index (Phi) is 8.06. The summed E-state index contributed by atoms with van der Waals surface area (Å²) in [6.45, 7) is 9.85. The number of carbonyl (C=O) groups is 2. The van der Waals surface area contributed by atoms with Crippen molar-refractivity contribution in [1.29, 1.82) is 0 Å². The standard InChI is InChI=1S/C25H37BrN2O3/c1-18-5-9-20(10-6-18)23(29)28(17-19-7-11-21(26)12-8-19)22-13-15-27(16-14-22)24(30)31-25(2,3)4/h7-8,11-12,18,20,22H,5-6,9-10,13-17H2,1-4H3. The molecule has 1 saturated carbocycles. The van der Waals surface area contributed by atoms with Gasteiger partial charge in [-0.3, -0.25) is 4.79 Å². The fraction of sp³-hybridized carbons (Fsp3) is 0.680. The molecule has 0 aromatic heterocycles. The molecule has 0 spiro atoms. The Bertz CT molecular complexity index is 743. The normalized spacial score (nSPS) is 22.8. The van der Waals surface area contributed by atoms with E-state index in [4.69, 9.17) is 4.74 Å². The second-order valence-corrected chi connectivity index (χ2v) is 11.2. The number of hydrogen-bond acceptors (Lipinski definition) is 3. The minimum absolute atomic E-state index is 0.135. The summed E-state index contributed by atoms with van der Waals surface area (Å²) in [5, 5.41) is 0. The zero-order chi connectivity index (χ0) is 22.6. The maximum Gasteiger partial charge on any atom is 0.410 e. The van der Waals surface area contributed by atoms with Crippen molar-refractivity contribution in [3.63, 3.8) is 0 Å². The molecule has 0 N–H and O–H groups in total. The Labute approximate surface area is 195 Å². The fourth-order valence-corrected chi connectivity index (χ4v) is 4.87. The average molecular weight is 493 g/mol. The summed E-state index contributed by atoms with van der Waals surface area (Å²) in [5.74, 6) is 1.15. The van der Waals surface area contributed by atoms with Crippen LogP contribution < -0.4 is 0 Å². The van der Waals surface area contributed by atoms with Gasteiger partial charge >= 0.3 is 6.09 Å². The molecule has 172 valence electrons. The number of ether oxygens (including phenoxy) is 1. The van der Waals surface area contributed by atoms with Gasteiger partial charge in [0.1, 0.15) is 5.60 Å². The Balaban J connectivity index is 1.68. The zero-order valence-corrected chi connectivity index (χ0v) is 21.0. The van der Waals surface area contributed by atoms with Gasteiger partial charge in [-0.15, -0.1) is 0 Å². The number of rotatable bonds is 4. The van der Waals surface area contributed by atoms with Crippen LogP contribution in [0.3, 0.4) is 0 Å². The lowest BCUT2D eigenvalue weighted by Crippen LogP contribution is -2.50. The molecule has 1 saturated heterocycles. The highest BCUT2D eigenvalue weighted by molar-refractivity contribution is 9.10. The van der Waals surface area contributed by atoms with Gasteiger partial charge in [-0.05, 0) is 82.9 Å². The quantitative estimate of drug-likeness (QED) is 0.517. The first-order valence-corrected chi connectivity index (χ1v) is 12.4. The van der Waals surface area contributed by atoms with E-state index < -0.39 is 5.60 Å². The summed E-state index contributed by atoms with van der Waals surface area (Å²) in [6, 6.07) is 8.40. The Morgan fingerprint density at radius 1 is 1.03 bits per heavy atom. The van der Waals surface area contributed by atoms with Crippen LogP contribution >= 0.6 is 15.9 Å². The summed E-state index contributed by atoms with van der Waals surface area (Å²) >= 11 is 3.50. The molecule has 2 aliphatic rings. The zero-order valence-electron chi connectivity index (χ0n) is 19.4. The van der Waals surface area contributed by atoms with Crippen molar-refractivity contribution in [3.05, 3.63) is 34.3 Å². The SMILES string of the molecule is CC1CCC(C(=O)N(Cc2ccc(Br)cc2)C2CCN(C(=O)OC(C)(C)C)CC2)CC1. The third kappa shape index (κ3) is 6.96. The maximum atomic E-state index is 13.6. The van der Waals surface area contributed by atoms with Crippen molar-refractivity contribution in [1.82, 2.24) is 9.80 Å². The van der Waals surface area contributed by atoms with Gasteiger partial charge in [-0.25, -0.2) is 4.79 Å². The minimum atomic E-state index is -0.490. The lowest BCUT2D eigenvalue weighted by atomic mass is 9.82. The number of carbonyl (C=O) groups excluding carboxylic acids is 2. The smallest absolute Gasteiger partial charge is 0.410 e. The molecule has 6 heteroatoms. The van der Waals surface area contributed by atoms with Crippen molar-refractivity contribution in [2.24, 2.45) is 11.8 Å². The largest absolute Gasteiger partial charge is 0.444 e. The van der Waals surface area contributed by atoms with Gasteiger partial charge in [0.25, 0.3) is 0 Å². The fourth-order valence-electron chi connectivity index (χ4n) is 4.60. The molecule has 0 bridgehead atoms. The monoisotopic (exact) mass is 492 g/mol. The van der Waals surface area contributed by atoms with Crippen molar-refractivity contribution in [3.8, 4) is 0 Å². The molecular formula is C25H37BrN2O3. The molecule has 1 aliphatic heterocycles. The van der Waals surface area contributed by atoms with Crippen molar-refractivity contribution in [2.75, 3.05) is 13.1 Å². The number of piperidine rings is 1.